The quantitative estimate of drug-likeness (QED) is 0.202. The second-order valence-electron chi connectivity index (χ2n) is 11.2. The number of nitrogens with zero attached hydrogens (tertiary/aromatic N) is 5. The van der Waals surface area contributed by atoms with Crippen LogP contribution in [-0.4, -0.2) is 56.7 Å². The SMILES string of the molecule is Cc1ccc2c(NCCC(C)(C)C#N)cccc2c1Oc1ncccc1-c1ccnc(N[C@H]2CCCN(C(=O)O)C2)n1. The fourth-order valence-electron chi connectivity index (χ4n) is 5.09. The highest BCUT2D eigenvalue weighted by Crippen LogP contribution is 2.38. The van der Waals surface area contributed by atoms with Gasteiger partial charge in [0.25, 0.3) is 0 Å². The summed E-state index contributed by atoms with van der Waals surface area (Å²) in [6.07, 6.45) is 4.79. The molecule has 1 atom stereocenters. The maximum Gasteiger partial charge on any atom is 0.407 e. The first kappa shape index (κ1) is 28.6. The minimum absolute atomic E-state index is 0.0677. The van der Waals surface area contributed by atoms with Crippen LogP contribution in [0.1, 0.15) is 38.7 Å². The molecule has 0 unspecified atom stereocenters. The van der Waals surface area contributed by atoms with Crippen molar-refractivity contribution in [1.82, 2.24) is 19.9 Å². The molecular formula is C32H35N7O3. The number of amides is 1. The summed E-state index contributed by atoms with van der Waals surface area (Å²) in [5.74, 6) is 1.55. The number of fused-ring (bicyclic) bond motifs is 1. The van der Waals surface area contributed by atoms with E-state index in [9.17, 15) is 15.2 Å². The van der Waals surface area contributed by atoms with Gasteiger partial charge in [0, 0.05) is 54.5 Å². The summed E-state index contributed by atoms with van der Waals surface area (Å²) >= 11 is 0. The lowest BCUT2D eigenvalue weighted by molar-refractivity contribution is 0.132. The van der Waals surface area contributed by atoms with Gasteiger partial charge in [-0.05, 0) is 69.9 Å². The van der Waals surface area contributed by atoms with E-state index in [0.717, 1.165) is 41.3 Å². The summed E-state index contributed by atoms with van der Waals surface area (Å²) in [7, 11) is 0. The van der Waals surface area contributed by atoms with Gasteiger partial charge in [0.15, 0.2) is 0 Å². The third-order valence-corrected chi connectivity index (χ3v) is 7.50. The molecule has 2 aromatic heterocycles. The van der Waals surface area contributed by atoms with Crippen molar-refractivity contribution in [3.8, 4) is 29.0 Å². The first-order valence-corrected chi connectivity index (χ1v) is 14.1. The van der Waals surface area contributed by atoms with Gasteiger partial charge >= 0.3 is 6.09 Å². The van der Waals surface area contributed by atoms with Gasteiger partial charge in [-0.15, -0.1) is 0 Å². The Hall–Kier alpha value is -4.91. The Labute approximate surface area is 245 Å². The highest BCUT2D eigenvalue weighted by atomic mass is 16.5. The van der Waals surface area contributed by atoms with Crippen LogP contribution in [0.5, 0.6) is 11.6 Å². The van der Waals surface area contributed by atoms with Crippen molar-refractivity contribution >= 4 is 28.5 Å². The molecule has 2 aromatic carbocycles. The van der Waals surface area contributed by atoms with E-state index in [4.69, 9.17) is 9.72 Å². The van der Waals surface area contributed by atoms with Crippen LogP contribution >= 0.6 is 0 Å². The zero-order chi connectivity index (χ0) is 29.7. The lowest BCUT2D eigenvalue weighted by Gasteiger charge is -2.31. The maximum atomic E-state index is 11.4. The number of carbonyl (C=O) groups is 1. The van der Waals surface area contributed by atoms with Crippen LogP contribution in [0.2, 0.25) is 0 Å². The lowest BCUT2D eigenvalue weighted by Crippen LogP contribution is -2.44. The van der Waals surface area contributed by atoms with Crippen molar-refractivity contribution in [2.24, 2.45) is 5.41 Å². The minimum atomic E-state index is -0.914. The zero-order valence-electron chi connectivity index (χ0n) is 24.1. The zero-order valence-corrected chi connectivity index (χ0v) is 24.1. The minimum Gasteiger partial charge on any atom is -0.465 e. The van der Waals surface area contributed by atoms with E-state index >= 15 is 0 Å². The molecular weight excluding hydrogens is 530 g/mol. The number of ether oxygens (including phenoxy) is 1. The fraction of sp³-hybridized carbons (Fsp3) is 0.344. The van der Waals surface area contributed by atoms with Crippen LogP contribution in [0, 0.1) is 23.7 Å². The third kappa shape index (κ3) is 6.52. The van der Waals surface area contributed by atoms with Crippen molar-refractivity contribution in [3.05, 3.63) is 66.5 Å². The normalized spacial score (nSPS) is 15.2. The Morgan fingerprint density at radius 2 is 2.00 bits per heavy atom. The standard InChI is InChI=1S/C32H35N7O3/c1-21-11-12-23-24(8-4-10-26(23)34-17-14-32(2,3)20-33)28(21)42-29-25(9-5-15-35-29)27-13-16-36-30(38-27)37-22-7-6-18-39(19-22)31(40)41/h4-5,8-13,15-16,22,34H,6-7,14,17-19H2,1-3H3,(H,40,41)(H,36,37,38)/t22-/m0/s1. The molecule has 3 N–H and O–H groups in total. The van der Waals surface area contributed by atoms with Crippen LogP contribution < -0.4 is 15.4 Å². The van der Waals surface area contributed by atoms with E-state index in [1.165, 1.54) is 4.90 Å². The number of rotatable bonds is 9. The van der Waals surface area contributed by atoms with Crippen LogP contribution in [-0.2, 0) is 0 Å². The molecule has 216 valence electrons. The second kappa shape index (κ2) is 12.3. The number of nitrogens with one attached hydrogen (secondary N) is 2. The summed E-state index contributed by atoms with van der Waals surface area (Å²) < 4.78 is 6.53. The molecule has 1 aliphatic heterocycles. The van der Waals surface area contributed by atoms with Gasteiger partial charge in [-0.3, -0.25) is 0 Å². The molecule has 4 aromatic rings. The van der Waals surface area contributed by atoms with Crippen molar-refractivity contribution in [2.45, 2.75) is 46.1 Å². The number of hydrogen-bond acceptors (Lipinski definition) is 8. The predicted octanol–water partition coefficient (Wildman–Crippen LogP) is 6.70. The summed E-state index contributed by atoms with van der Waals surface area (Å²) in [6, 6.07) is 18.0. The van der Waals surface area contributed by atoms with Gasteiger partial charge in [-0.2, -0.15) is 5.26 Å². The molecule has 10 heteroatoms. The van der Waals surface area contributed by atoms with Gasteiger partial charge in [-0.25, -0.2) is 19.7 Å². The van der Waals surface area contributed by atoms with E-state index in [1.54, 1.807) is 18.5 Å². The van der Waals surface area contributed by atoms with Gasteiger partial charge in [0.2, 0.25) is 11.8 Å². The maximum absolute atomic E-state index is 11.4. The average molecular weight is 566 g/mol. The molecule has 3 heterocycles. The molecule has 1 saturated heterocycles. The summed E-state index contributed by atoms with van der Waals surface area (Å²) in [5, 5.41) is 27.5. The van der Waals surface area contributed by atoms with E-state index in [0.29, 0.717) is 48.5 Å². The Bertz CT molecular complexity index is 1630. The molecule has 0 radical (unpaired) electrons. The van der Waals surface area contributed by atoms with Crippen molar-refractivity contribution in [3.63, 3.8) is 0 Å². The topological polar surface area (TPSA) is 136 Å². The Balaban J connectivity index is 1.40. The fourth-order valence-corrected chi connectivity index (χ4v) is 5.09. The van der Waals surface area contributed by atoms with Crippen molar-refractivity contribution in [2.75, 3.05) is 30.3 Å². The number of benzene rings is 2. The van der Waals surface area contributed by atoms with Crippen LogP contribution in [0.15, 0.2) is 60.9 Å². The first-order valence-electron chi connectivity index (χ1n) is 14.1. The summed E-state index contributed by atoms with van der Waals surface area (Å²) in [4.78, 5) is 26.5. The molecule has 0 spiro atoms. The number of hydrogen-bond donors (Lipinski definition) is 3. The van der Waals surface area contributed by atoms with Gasteiger partial charge < -0.3 is 25.4 Å². The van der Waals surface area contributed by atoms with Crippen molar-refractivity contribution < 1.29 is 14.6 Å². The van der Waals surface area contributed by atoms with E-state index in [2.05, 4.69) is 32.7 Å². The number of pyridine rings is 1. The van der Waals surface area contributed by atoms with Crippen LogP contribution in [0.3, 0.4) is 0 Å². The Morgan fingerprint density at radius 3 is 2.81 bits per heavy atom. The number of anilines is 2. The number of aryl methyl sites for hydroxylation is 1. The number of carboxylic acid groups (broad SMARTS) is 1. The number of likely N-dealkylation sites (tertiary alicyclic amines) is 1. The highest BCUT2D eigenvalue weighted by molar-refractivity contribution is 5.98. The molecule has 1 amide bonds. The Kier molecular flexibility index (Phi) is 8.38. The molecule has 42 heavy (non-hydrogen) atoms. The summed E-state index contributed by atoms with van der Waals surface area (Å²) in [5.41, 5.74) is 2.89. The molecule has 1 aliphatic rings. The van der Waals surface area contributed by atoms with Gasteiger partial charge in [0.05, 0.1) is 22.7 Å². The van der Waals surface area contributed by atoms with E-state index < -0.39 is 11.5 Å². The lowest BCUT2D eigenvalue weighted by atomic mass is 9.91. The second-order valence-corrected chi connectivity index (χ2v) is 11.2. The molecule has 5 rings (SSSR count). The smallest absolute Gasteiger partial charge is 0.407 e. The molecule has 0 bridgehead atoms. The summed E-state index contributed by atoms with van der Waals surface area (Å²) in [6.45, 7) is 7.48. The van der Waals surface area contributed by atoms with Crippen LogP contribution in [0.25, 0.3) is 22.0 Å². The van der Waals surface area contributed by atoms with Crippen molar-refractivity contribution in [1.29, 1.82) is 5.26 Å². The Morgan fingerprint density at radius 1 is 1.14 bits per heavy atom. The predicted molar refractivity (Wildman–Crippen MR) is 163 cm³/mol. The molecule has 1 fully saturated rings. The van der Waals surface area contributed by atoms with E-state index in [-0.39, 0.29) is 6.04 Å². The number of nitriles is 1. The number of piperidine rings is 1. The largest absolute Gasteiger partial charge is 0.465 e. The average Bonchev–Trinajstić information content (AvgIpc) is 2.99. The monoisotopic (exact) mass is 565 g/mol. The molecule has 0 aliphatic carbocycles. The first-order chi connectivity index (χ1) is 20.2. The van der Waals surface area contributed by atoms with Gasteiger partial charge in [0.1, 0.15) is 5.75 Å². The van der Waals surface area contributed by atoms with E-state index in [1.807, 2.05) is 57.2 Å². The highest BCUT2D eigenvalue weighted by Gasteiger charge is 2.24. The molecule has 10 nitrogen and oxygen atoms in total. The third-order valence-electron chi connectivity index (χ3n) is 7.50. The molecule has 0 saturated carbocycles. The number of aromatic nitrogens is 3. The van der Waals surface area contributed by atoms with Crippen LogP contribution in [0.4, 0.5) is 16.4 Å². The van der Waals surface area contributed by atoms with Gasteiger partial charge in [-0.1, -0.05) is 24.3 Å².